The molecular weight excluding hydrogens is 260 g/mol. The van der Waals surface area contributed by atoms with E-state index >= 15 is 0 Å². The van der Waals surface area contributed by atoms with Crippen molar-refractivity contribution in [3.05, 3.63) is 23.8 Å². The van der Waals surface area contributed by atoms with E-state index in [9.17, 15) is 4.79 Å². The van der Waals surface area contributed by atoms with Crippen molar-refractivity contribution in [3.8, 4) is 0 Å². The van der Waals surface area contributed by atoms with E-state index in [0.29, 0.717) is 0 Å². The Labute approximate surface area is 119 Å². The average molecular weight is 281 g/mol. The van der Waals surface area contributed by atoms with Gasteiger partial charge in [0.25, 0.3) is 0 Å². The first-order valence-corrected chi connectivity index (χ1v) is 7.32. The van der Waals surface area contributed by atoms with Gasteiger partial charge >= 0.3 is 0 Å². The number of benzene rings is 1. The van der Waals surface area contributed by atoms with Crippen LogP contribution in [0.3, 0.4) is 0 Å². The third kappa shape index (κ3) is 3.63. The number of anilines is 2. The Hall–Kier alpha value is -1.22. The van der Waals surface area contributed by atoms with Gasteiger partial charge in [-0.3, -0.25) is 4.79 Å². The minimum atomic E-state index is -0.519. The average Bonchev–Trinajstić information content (AvgIpc) is 2.39. The molecule has 2 rings (SSSR count). The van der Waals surface area contributed by atoms with Crippen LogP contribution in [0.5, 0.6) is 0 Å². The van der Waals surface area contributed by atoms with Crippen molar-refractivity contribution in [2.45, 2.75) is 38.5 Å². The van der Waals surface area contributed by atoms with Crippen molar-refractivity contribution in [3.63, 3.8) is 0 Å². The first-order chi connectivity index (χ1) is 9.08. The van der Waals surface area contributed by atoms with E-state index in [1.54, 1.807) is 6.92 Å². The van der Waals surface area contributed by atoms with E-state index in [-0.39, 0.29) is 5.91 Å². The lowest BCUT2D eigenvalue weighted by molar-refractivity contribution is -0.115. The Morgan fingerprint density at radius 2 is 2.00 bits per heavy atom. The zero-order valence-electron chi connectivity index (χ0n) is 11.6. The largest absolute Gasteiger partial charge is 0.370 e. The smallest absolute Gasteiger partial charge is 0.242 e. The van der Waals surface area contributed by atoms with Gasteiger partial charge in [-0.1, -0.05) is 6.07 Å². The summed E-state index contributed by atoms with van der Waals surface area (Å²) in [7, 11) is 0. The minimum Gasteiger partial charge on any atom is -0.370 e. The molecule has 3 nitrogen and oxygen atoms in total. The first kappa shape index (κ1) is 14.2. The number of hydrogen-bond donors (Lipinski definition) is 1. The van der Waals surface area contributed by atoms with Gasteiger partial charge < -0.3 is 10.2 Å². The van der Waals surface area contributed by atoms with Gasteiger partial charge in [0.2, 0.25) is 5.91 Å². The number of alkyl halides is 1. The Morgan fingerprint density at radius 3 is 2.63 bits per heavy atom. The zero-order chi connectivity index (χ0) is 13.8. The van der Waals surface area contributed by atoms with Crippen molar-refractivity contribution in [1.29, 1.82) is 0 Å². The second kappa shape index (κ2) is 6.29. The number of nitrogens with one attached hydrogen (secondary N) is 1. The van der Waals surface area contributed by atoms with Crippen LogP contribution < -0.4 is 10.2 Å². The van der Waals surface area contributed by atoms with Crippen LogP contribution in [0.1, 0.15) is 31.7 Å². The normalized spacial score (nSPS) is 17.1. The van der Waals surface area contributed by atoms with Gasteiger partial charge in [0.05, 0.1) is 11.4 Å². The van der Waals surface area contributed by atoms with Gasteiger partial charge in [-0.15, -0.1) is 11.6 Å². The summed E-state index contributed by atoms with van der Waals surface area (Å²) in [6.45, 7) is 5.83. The summed E-state index contributed by atoms with van der Waals surface area (Å²) in [4.78, 5) is 14.1. The highest BCUT2D eigenvalue weighted by Crippen LogP contribution is 2.29. The quantitative estimate of drug-likeness (QED) is 0.859. The maximum Gasteiger partial charge on any atom is 0.242 e. The van der Waals surface area contributed by atoms with E-state index in [4.69, 9.17) is 11.6 Å². The van der Waals surface area contributed by atoms with Crippen LogP contribution in [0.4, 0.5) is 11.4 Å². The van der Waals surface area contributed by atoms with Crippen molar-refractivity contribution in [1.82, 2.24) is 0 Å². The molecule has 1 atom stereocenters. The van der Waals surface area contributed by atoms with Crippen molar-refractivity contribution in [2.24, 2.45) is 0 Å². The van der Waals surface area contributed by atoms with E-state index < -0.39 is 5.38 Å². The molecule has 1 heterocycles. The van der Waals surface area contributed by atoms with Crippen molar-refractivity contribution in [2.75, 3.05) is 23.3 Å². The van der Waals surface area contributed by atoms with Crippen LogP contribution in [0.15, 0.2) is 18.2 Å². The van der Waals surface area contributed by atoms with Crippen LogP contribution in [0.25, 0.3) is 0 Å². The molecular formula is C15H21ClN2O. The Bertz CT molecular complexity index is 453. The molecule has 104 valence electrons. The van der Waals surface area contributed by atoms with Crippen LogP contribution >= 0.6 is 11.6 Å². The summed E-state index contributed by atoms with van der Waals surface area (Å²) >= 11 is 5.83. The van der Waals surface area contributed by atoms with Crippen LogP contribution in [-0.2, 0) is 4.79 Å². The fraction of sp³-hybridized carbons (Fsp3) is 0.533. The summed E-state index contributed by atoms with van der Waals surface area (Å²) in [5, 5.41) is 2.42. The van der Waals surface area contributed by atoms with E-state index in [0.717, 1.165) is 30.0 Å². The number of carbonyl (C=O) groups is 1. The molecule has 0 aliphatic carbocycles. The predicted octanol–water partition coefficient (Wildman–Crippen LogP) is 3.55. The molecule has 0 saturated carbocycles. The number of carbonyl (C=O) groups excluding carboxylic acids is 1. The second-order valence-corrected chi connectivity index (χ2v) is 5.83. The topological polar surface area (TPSA) is 32.3 Å². The molecule has 1 N–H and O–H groups in total. The van der Waals surface area contributed by atoms with E-state index in [2.05, 4.69) is 22.3 Å². The molecule has 4 heteroatoms. The highest BCUT2D eigenvalue weighted by molar-refractivity contribution is 6.32. The number of halogens is 1. The van der Waals surface area contributed by atoms with Gasteiger partial charge in [0.1, 0.15) is 5.38 Å². The third-order valence-electron chi connectivity index (χ3n) is 3.47. The summed E-state index contributed by atoms with van der Waals surface area (Å²) in [6, 6.07) is 6.19. The molecule has 1 aromatic rings. The highest BCUT2D eigenvalue weighted by Gasteiger charge is 2.17. The maximum atomic E-state index is 11.8. The number of amides is 1. The van der Waals surface area contributed by atoms with Crippen molar-refractivity contribution >= 4 is 28.9 Å². The Morgan fingerprint density at radius 1 is 1.32 bits per heavy atom. The third-order valence-corrected chi connectivity index (χ3v) is 3.67. The van der Waals surface area contributed by atoms with Crippen LogP contribution in [-0.4, -0.2) is 24.4 Å². The molecule has 0 aromatic heterocycles. The molecule has 1 amide bonds. The molecule has 1 fully saturated rings. The van der Waals surface area contributed by atoms with Gasteiger partial charge in [-0.2, -0.15) is 0 Å². The number of hydrogen-bond acceptors (Lipinski definition) is 2. The Balaban J connectivity index is 2.24. The molecule has 0 spiro atoms. The fourth-order valence-corrected chi connectivity index (χ4v) is 2.45. The molecule has 0 unspecified atom stereocenters. The molecule has 1 aliphatic rings. The number of rotatable bonds is 3. The second-order valence-electron chi connectivity index (χ2n) is 5.17. The lowest BCUT2D eigenvalue weighted by Gasteiger charge is -2.30. The Kier molecular flexibility index (Phi) is 4.70. The van der Waals surface area contributed by atoms with Crippen molar-refractivity contribution < 1.29 is 4.79 Å². The molecule has 0 radical (unpaired) electrons. The zero-order valence-corrected chi connectivity index (χ0v) is 12.3. The summed E-state index contributed by atoms with van der Waals surface area (Å²) in [5.74, 6) is -0.148. The summed E-state index contributed by atoms with van der Waals surface area (Å²) in [5.41, 5.74) is 3.12. The van der Waals surface area contributed by atoms with Crippen LogP contribution in [0, 0.1) is 6.92 Å². The van der Waals surface area contributed by atoms with Gasteiger partial charge in [0.15, 0.2) is 0 Å². The molecule has 1 aliphatic heterocycles. The lowest BCUT2D eigenvalue weighted by Crippen LogP contribution is -2.31. The molecule has 0 bridgehead atoms. The SMILES string of the molecule is Cc1ccc(N2CCCCC2)c(NC(=O)[C@@H](C)Cl)c1. The van der Waals surface area contributed by atoms with E-state index in [1.165, 1.54) is 19.3 Å². The van der Waals surface area contributed by atoms with Gasteiger partial charge in [0, 0.05) is 13.1 Å². The highest BCUT2D eigenvalue weighted by atomic mass is 35.5. The molecule has 1 saturated heterocycles. The predicted molar refractivity (Wildman–Crippen MR) is 81.2 cm³/mol. The van der Waals surface area contributed by atoms with Gasteiger partial charge in [-0.05, 0) is 50.8 Å². The summed E-state index contributed by atoms with van der Waals surface area (Å²) in [6.07, 6.45) is 3.73. The fourth-order valence-electron chi connectivity index (χ4n) is 2.39. The first-order valence-electron chi connectivity index (χ1n) is 6.88. The molecule has 1 aromatic carbocycles. The summed E-state index contributed by atoms with van der Waals surface area (Å²) < 4.78 is 0. The van der Waals surface area contributed by atoms with E-state index in [1.807, 2.05) is 13.0 Å². The number of aryl methyl sites for hydroxylation is 1. The monoisotopic (exact) mass is 280 g/mol. The molecule has 19 heavy (non-hydrogen) atoms. The maximum absolute atomic E-state index is 11.8. The number of piperidine rings is 1. The minimum absolute atomic E-state index is 0.148. The standard InChI is InChI=1S/C15H21ClN2O/c1-11-6-7-14(18-8-4-3-5-9-18)13(10-11)17-15(19)12(2)16/h6-7,10,12H,3-5,8-9H2,1-2H3,(H,17,19)/t12-/m1/s1. The van der Waals surface area contributed by atoms with Gasteiger partial charge in [-0.25, -0.2) is 0 Å². The lowest BCUT2D eigenvalue weighted by atomic mass is 10.1. The number of nitrogens with zero attached hydrogens (tertiary/aromatic N) is 1. The van der Waals surface area contributed by atoms with Crippen LogP contribution in [0.2, 0.25) is 0 Å².